The Morgan fingerprint density at radius 2 is 2.07 bits per heavy atom. The van der Waals surface area contributed by atoms with Crippen molar-refractivity contribution in [3.63, 3.8) is 0 Å². The second-order valence-electron chi connectivity index (χ2n) is 7.59. The smallest absolute Gasteiger partial charge is 0.328 e. The molecule has 1 aromatic rings. The number of amides is 3. The number of urea groups is 1. The van der Waals surface area contributed by atoms with Crippen molar-refractivity contribution in [1.82, 2.24) is 25.0 Å². The van der Waals surface area contributed by atoms with Gasteiger partial charge in [0, 0.05) is 37.5 Å². The molecule has 3 heterocycles. The number of hydrazone groups is 1. The zero-order chi connectivity index (χ0) is 20.7. The highest BCUT2D eigenvalue weighted by Gasteiger charge is 2.56. The van der Waals surface area contributed by atoms with Gasteiger partial charge in [-0.2, -0.15) is 5.10 Å². The van der Waals surface area contributed by atoms with Gasteiger partial charge >= 0.3 is 6.03 Å². The van der Waals surface area contributed by atoms with Crippen LogP contribution in [0.3, 0.4) is 0 Å². The van der Waals surface area contributed by atoms with Crippen molar-refractivity contribution in [2.24, 2.45) is 5.10 Å². The van der Waals surface area contributed by atoms with Crippen molar-refractivity contribution in [2.45, 2.75) is 38.4 Å². The molecule has 0 radical (unpaired) electrons. The van der Waals surface area contributed by atoms with Gasteiger partial charge in [-0.1, -0.05) is 29.8 Å². The molecule has 3 aliphatic rings. The molecule has 4 rings (SSSR count). The van der Waals surface area contributed by atoms with Crippen LogP contribution in [-0.2, 0) is 11.3 Å². The number of aliphatic hydroxyl groups excluding tert-OH is 1. The molecule has 156 valence electrons. The molecule has 2 N–H and O–H groups in total. The van der Waals surface area contributed by atoms with E-state index in [9.17, 15) is 14.7 Å². The number of aliphatic hydroxyl groups is 1. The molecular formula is C19H25ClN6O3. The molecule has 3 amide bonds. The summed E-state index contributed by atoms with van der Waals surface area (Å²) in [6.07, 6.45) is -0.181. The van der Waals surface area contributed by atoms with E-state index in [0.717, 1.165) is 11.3 Å². The maximum Gasteiger partial charge on any atom is 0.328 e. The number of hydrogen-bond donors (Lipinski definition) is 2. The number of hydrogen-bond acceptors (Lipinski definition) is 7. The van der Waals surface area contributed by atoms with Crippen molar-refractivity contribution >= 4 is 29.3 Å². The van der Waals surface area contributed by atoms with Gasteiger partial charge in [-0.15, -0.1) is 0 Å². The highest BCUT2D eigenvalue weighted by molar-refractivity contribution is 6.31. The quantitative estimate of drug-likeness (QED) is 0.728. The number of carbonyl (C=O) groups is 2. The van der Waals surface area contributed by atoms with E-state index in [2.05, 4.69) is 10.4 Å². The van der Waals surface area contributed by atoms with Crippen LogP contribution in [0.4, 0.5) is 4.79 Å². The summed E-state index contributed by atoms with van der Waals surface area (Å²) in [6.45, 7) is 3.19. The first-order valence-corrected chi connectivity index (χ1v) is 10.0. The zero-order valence-electron chi connectivity index (χ0n) is 16.5. The van der Waals surface area contributed by atoms with Crippen LogP contribution in [0.5, 0.6) is 0 Å². The number of benzene rings is 1. The second kappa shape index (κ2) is 7.91. The lowest BCUT2D eigenvalue weighted by Gasteiger charge is -2.42. The number of fused-ring (bicyclic) bond motifs is 3. The van der Waals surface area contributed by atoms with Crippen molar-refractivity contribution in [2.75, 3.05) is 26.7 Å². The molecule has 9 nitrogen and oxygen atoms in total. The Labute approximate surface area is 174 Å². The van der Waals surface area contributed by atoms with E-state index >= 15 is 0 Å². The number of carbonyl (C=O) groups excluding carboxylic acids is 2. The lowest BCUT2D eigenvalue weighted by molar-refractivity contribution is -0.139. The molecule has 1 aromatic carbocycles. The standard InChI is InChI=1S/C19H25ClN6O3/c1-12-10-24-15-16(21-18(24)26(22-12)8-5-9-27)23(2)19(29)25(17(15)28)11-13-6-3-4-7-14(13)20/h3-4,6-7,15-16,18,21,27H,5,8-11H2,1-2H3. The molecule has 0 aromatic heterocycles. The SMILES string of the molecule is CC1=NN(CCCO)C2NC3C(C(=O)N(Cc4ccccc4Cl)C(=O)N3C)N2C1. The molecule has 0 spiro atoms. The van der Waals surface area contributed by atoms with E-state index in [1.807, 2.05) is 35.0 Å². The molecule has 0 saturated carbocycles. The van der Waals surface area contributed by atoms with Gasteiger partial charge in [0.1, 0.15) is 12.2 Å². The van der Waals surface area contributed by atoms with Gasteiger partial charge in [-0.3, -0.25) is 20.0 Å². The first kappa shape index (κ1) is 20.1. The van der Waals surface area contributed by atoms with E-state index in [-0.39, 0.29) is 31.4 Å². The van der Waals surface area contributed by atoms with Crippen molar-refractivity contribution < 1.29 is 14.7 Å². The average Bonchev–Trinajstić information content (AvgIpc) is 3.08. The van der Waals surface area contributed by atoms with Crippen molar-refractivity contribution in [1.29, 1.82) is 0 Å². The first-order chi connectivity index (χ1) is 13.9. The Kier molecular flexibility index (Phi) is 5.48. The molecule has 0 bridgehead atoms. The summed E-state index contributed by atoms with van der Waals surface area (Å²) in [5.74, 6) is -0.246. The lowest BCUT2D eigenvalue weighted by atomic mass is 10.1. The first-order valence-electron chi connectivity index (χ1n) is 9.67. The van der Waals surface area contributed by atoms with Crippen LogP contribution in [0.25, 0.3) is 0 Å². The number of likely N-dealkylation sites (N-methyl/N-ethyl adjacent to an activating group) is 1. The van der Waals surface area contributed by atoms with Gasteiger partial charge in [0.25, 0.3) is 5.91 Å². The third-order valence-corrected chi connectivity index (χ3v) is 5.95. The fraction of sp³-hybridized carbons (Fsp3) is 0.526. The van der Waals surface area contributed by atoms with Crippen LogP contribution in [-0.4, -0.2) is 87.7 Å². The highest BCUT2D eigenvalue weighted by atomic mass is 35.5. The molecule has 29 heavy (non-hydrogen) atoms. The lowest BCUT2D eigenvalue weighted by Crippen LogP contribution is -2.66. The second-order valence-corrected chi connectivity index (χ2v) is 7.99. The minimum atomic E-state index is -0.521. The summed E-state index contributed by atoms with van der Waals surface area (Å²) < 4.78 is 0. The molecule has 3 unspecified atom stereocenters. The number of nitrogens with one attached hydrogen (secondary N) is 1. The number of imide groups is 1. The van der Waals surface area contributed by atoms with Gasteiger partial charge < -0.3 is 10.0 Å². The normalized spacial score (nSPS) is 27.2. The third-order valence-electron chi connectivity index (χ3n) is 5.58. The summed E-state index contributed by atoms with van der Waals surface area (Å²) in [5, 5.41) is 19.5. The van der Waals surface area contributed by atoms with Crippen molar-refractivity contribution in [3.05, 3.63) is 34.9 Å². The number of nitrogens with zero attached hydrogens (tertiary/aromatic N) is 5. The number of halogens is 1. The van der Waals surface area contributed by atoms with Gasteiger partial charge in [0.15, 0.2) is 6.29 Å². The summed E-state index contributed by atoms with van der Waals surface area (Å²) in [6, 6.07) is 6.34. The molecule has 3 aliphatic heterocycles. The van der Waals surface area contributed by atoms with Crippen LogP contribution in [0.2, 0.25) is 5.02 Å². The Morgan fingerprint density at radius 3 is 2.79 bits per heavy atom. The Hall–Kier alpha value is -2.20. The van der Waals surface area contributed by atoms with Gasteiger partial charge in [-0.05, 0) is 25.0 Å². The van der Waals surface area contributed by atoms with Crippen molar-refractivity contribution in [3.8, 4) is 0 Å². The fourth-order valence-corrected chi connectivity index (χ4v) is 4.39. The topological polar surface area (TPSA) is 91.7 Å². The minimum Gasteiger partial charge on any atom is -0.396 e. The molecule has 10 heteroatoms. The number of rotatable bonds is 5. The Balaban J connectivity index is 1.62. The van der Waals surface area contributed by atoms with Crippen LogP contribution < -0.4 is 5.32 Å². The van der Waals surface area contributed by atoms with Gasteiger partial charge in [-0.25, -0.2) is 9.69 Å². The Morgan fingerprint density at radius 1 is 1.31 bits per heavy atom. The summed E-state index contributed by atoms with van der Waals surface area (Å²) in [4.78, 5) is 31.3. The maximum absolute atomic E-state index is 13.4. The van der Waals surface area contributed by atoms with Gasteiger partial charge in [0.05, 0.1) is 6.54 Å². The van der Waals surface area contributed by atoms with Crippen LogP contribution >= 0.6 is 11.6 Å². The third kappa shape index (κ3) is 3.48. The zero-order valence-corrected chi connectivity index (χ0v) is 17.2. The molecule has 2 fully saturated rings. The molecule has 3 atom stereocenters. The van der Waals surface area contributed by atoms with E-state index in [1.54, 1.807) is 18.0 Å². The van der Waals surface area contributed by atoms with E-state index in [1.165, 1.54) is 4.90 Å². The predicted molar refractivity (Wildman–Crippen MR) is 108 cm³/mol. The monoisotopic (exact) mass is 420 g/mol. The van der Waals surface area contributed by atoms with E-state index in [0.29, 0.717) is 24.5 Å². The molecule has 2 saturated heterocycles. The summed E-state index contributed by atoms with van der Waals surface area (Å²) in [5.41, 5.74) is 1.61. The van der Waals surface area contributed by atoms with E-state index in [4.69, 9.17) is 11.6 Å². The van der Waals surface area contributed by atoms with Crippen LogP contribution in [0.1, 0.15) is 18.9 Å². The van der Waals surface area contributed by atoms with Crippen LogP contribution in [0.15, 0.2) is 29.4 Å². The van der Waals surface area contributed by atoms with E-state index < -0.39 is 12.2 Å². The summed E-state index contributed by atoms with van der Waals surface area (Å²) in [7, 11) is 1.70. The largest absolute Gasteiger partial charge is 0.396 e. The fourth-order valence-electron chi connectivity index (χ4n) is 4.20. The Bertz CT molecular complexity index is 849. The maximum atomic E-state index is 13.4. The van der Waals surface area contributed by atoms with Crippen LogP contribution in [0, 0.1) is 0 Å². The molecular weight excluding hydrogens is 396 g/mol. The molecule has 0 aliphatic carbocycles. The minimum absolute atomic E-state index is 0.0631. The average molecular weight is 421 g/mol. The predicted octanol–water partition coefficient (Wildman–Crippen LogP) is 0.691. The summed E-state index contributed by atoms with van der Waals surface area (Å²) >= 11 is 6.26. The van der Waals surface area contributed by atoms with Gasteiger partial charge in [0.2, 0.25) is 0 Å². The highest BCUT2D eigenvalue weighted by Crippen LogP contribution is 2.31.